The van der Waals surface area contributed by atoms with Crippen molar-refractivity contribution in [1.29, 1.82) is 0 Å². The predicted octanol–water partition coefficient (Wildman–Crippen LogP) is 0.475. The largest absolute Gasteiger partial charge is 0.344 e. The van der Waals surface area contributed by atoms with E-state index < -0.39 is 24.9 Å². The van der Waals surface area contributed by atoms with Crippen LogP contribution in [0, 0.1) is 0 Å². The Labute approximate surface area is 110 Å². The average molecular weight is 270 g/mol. The zero-order chi connectivity index (χ0) is 13.9. The molecule has 2 rings (SSSR count). The molecule has 1 aliphatic heterocycles. The van der Waals surface area contributed by atoms with E-state index >= 15 is 0 Å². The highest BCUT2D eigenvalue weighted by Crippen LogP contribution is 2.25. The number of alkyl halides is 2. The molecule has 1 aliphatic rings. The fourth-order valence-corrected chi connectivity index (χ4v) is 2.01. The molecule has 1 aromatic heterocycles. The second kappa shape index (κ2) is 5.56. The summed E-state index contributed by atoms with van der Waals surface area (Å²) in [5.41, 5.74) is 0.770. The third-order valence-corrected chi connectivity index (χ3v) is 3.10. The van der Waals surface area contributed by atoms with Crippen LogP contribution in [0.4, 0.5) is 8.78 Å². The summed E-state index contributed by atoms with van der Waals surface area (Å²) < 4.78 is 26.0. The number of nitrogens with zero attached hydrogens (tertiary/aromatic N) is 3. The molecule has 1 aromatic rings. The van der Waals surface area contributed by atoms with Gasteiger partial charge in [-0.15, -0.1) is 0 Å². The molecule has 0 aliphatic carbocycles. The molecule has 7 heteroatoms. The lowest BCUT2D eigenvalue weighted by Gasteiger charge is -2.20. The van der Waals surface area contributed by atoms with Crippen LogP contribution >= 0.6 is 0 Å². The van der Waals surface area contributed by atoms with Gasteiger partial charge in [-0.25, -0.2) is 8.78 Å². The quantitative estimate of drug-likeness (QED) is 0.864. The number of carbonyl (C=O) groups excluding carboxylic acids is 1. The van der Waals surface area contributed by atoms with E-state index in [2.05, 4.69) is 15.3 Å². The fraction of sp³-hybridized carbons (Fsp3) is 0.583. The number of amides is 1. The van der Waals surface area contributed by atoms with Crippen LogP contribution in [0.5, 0.6) is 0 Å². The highest BCUT2D eigenvalue weighted by Gasteiger charge is 2.42. The van der Waals surface area contributed by atoms with Gasteiger partial charge < -0.3 is 4.90 Å². The number of hydrogen-bond acceptors (Lipinski definition) is 4. The highest BCUT2D eigenvalue weighted by atomic mass is 19.3. The molecule has 1 atom stereocenters. The van der Waals surface area contributed by atoms with Crippen LogP contribution in [0.25, 0.3) is 0 Å². The first kappa shape index (κ1) is 13.8. The standard InChI is InChI=1S/C12H16F2N4O/c1-18(5-2-9-7-15-3-4-16-9)11(19)10-6-12(13,14)8-17-10/h3-4,7,10,17H,2,5-6,8H2,1H3. The van der Waals surface area contributed by atoms with Crippen LogP contribution in [0.15, 0.2) is 18.6 Å². The number of rotatable bonds is 4. The molecule has 0 saturated carbocycles. The zero-order valence-corrected chi connectivity index (χ0v) is 10.6. The molecule has 0 aromatic carbocycles. The molecule has 0 spiro atoms. The highest BCUT2D eigenvalue weighted by molar-refractivity contribution is 5.82. The van der Waals surface area contributed by atoms with Crippen molar-refractivity contribution in [2.75, 3.05) is 20.1 Å². The van der Waals surface area contributed by atoms with Crippen molar-refractivity contribution in [3.05, 3.63) is 24.3 Å². The third-order valence-electron chi connectivity index (χ3n) is 3.10. The van der Waals surface area contributed by atoms with Crippen LogP contribution < -0.4 is 5.32 Å². The Bertz CT molecular complexity index is 441. The maximum Gasteiger partial charge on any atom is 0.262 e. The van der Waals surface area contributed by atoms with Gasteiger partial charge in [-0.3, -0.25) is 20.1 Å². The van der Waals surface area contributed by atoms with E-state index in [1.54, 1.807) is 25.6 Å². The van der Waals surface area contributed by atoms with Crippen LogP contribution in [0.3, 0.4) is 0 Å². The van der Waals surface area contributed by atoms with Crippen molar-refractivity contribution < 1.29 is 13.6 Å². The molecule has 1 amide bonds. The normalized spacial score (nSPS) is 21.3. The maximum atomic E-state index is 13.0. The Morgan fingerprint density at radius 2 is 2.37 bits per heavy atom. The van der Waals surface area contributed by atoms with Crippen molar-refractivity contribution in [2.45, 2.75) is 24.8 Å². The van der Waals surface area contributed by atoms with Gasteiger partial charge in [0.25, 0.3) is 5.92 Å². The van der Waals surface area contributed by atoms with Gasteiger partial charge in [0.05, 0.1) is 18.3 Å². The maximum absolute atomic E-state index is 13.0. The number of carbonyl (C=O) groups is 1. The van der Waals surface area contributed by atoms with Gasteiger partial charge in [-0.1, -0.05) is 0 Å². The van der Waals surface area contributed by atoms with Gasteiger partial charge in [0.2, 0.25) is 5.91 Å². The van der Waals surface area contributed by atoms with E-state index in [-0.39, 0.29) is 5.91 Å². The molecule has 19 heavy (non-hydrogen) atoms. The van der Waals surface area contributed by atoms with Gasteiger partial charge >= 0.3 is 0 Å². The number of halogens is 2. The number of nitrogens with one attached hydrogen (secondary N) is 1. The molecule has 2 heterocycles. The number of aromatic nitrogens is 2. The molecule has 0 radical (unpaired) electrons. The van der Waals surface area contributed by atoms with Gasteiger partial charge in [0.1, 0.15) is 0 Å². The molecular weight excluding hydrogens is 254 g/mol. The second-order valence-electron chi connectivity index (χ2n) is 4.70. The summed E-state index contributed by atoms with van der Waals surface area (Å²) in [5, 5.41) is 2.56. The minimum Gasteiger partial charge on any atom is -0.344 e. The van der Waals surface area contributed by atoms with Crippen molar-refractivity contribution >= 4 is 5.91 Å². The van der Waals surface area contributed by atoms with E-state index in [0.29, 0.717) is 13.0 Å². The number of hydrogen-bond donors (Lipinski definition) is 1. The summed E-state index contributed by atoms with van der Waals surface area (Å²) in [7, 11) is 1.61. The topological polar surface area (TPSA) is 58.1 Å². The Morgan fingerprint density at radius 3 is 2.95 bits per heavy atom. The van der Waals surface area contributed by atoms with Gasteiger partial charge in [-0.05, 0) is 0 Å². The van der Waals surface area contributed by atoms with Gasteiger partial charge in [0.15, 0.2) is 0 Å². The van der Waals surface area contributed by atoms with Crippen molar-refractivity contribution in [2.24, 2.45) is 0 Å². The second-order valence-corrected chi connectivity index (χ2v) is 4.70. The molecule has 1 N–H and O–H groups in total. The van der Waals surface area contributed by atoms with E-state index in [4.69, 9.17) is 0 Å². The summed E-state index contributed by atoms with van der Waals surface area (Å²) >= 11 is 0. The summed E-state index contributed by atoms with van der Waals surface area (Å²) in [6, 6.07) is -0.790. The number of likely N-dealkylation sites (N-methyl/N-ethyl adjacent to an activating group) is 1. The monoisotopic (exact) mass is 270 g/mol. The van der Waals surface area contributed by atoms with Crippen molar-refractivity contribution in [3.8, 4) is 0 Å². The van der Waals surface area contributed by atoms with Crippen LogP contribution in [-0.4, -0.2) is 52.9 Å². The summed E-state index contributed by atoms with van der Waals surface area (Å²) in [6.45, 7) is 0.00266. The van der Waals surface area contributed by atoms with Gasteiger partial charge in [-0.2, -0.15) is 0 Å². The summed E-state index contributed by atoms with van der Waals surface area (Å²) in [4.78, 5) is 21.4. The average Bonchev–Trinajstić information content (AvgIpc) is 2.76. The summed E-state index contributed by atoms with van der Waals surface area (Å²) in [5.74, 6) is -3.09. The lowest BCUT2D eigenvalue weighted by molar-refractivity contribution is -0.132. The third kappa shape index (κ3) is 3.66. The fourth-order valence-electron chi connectivity index (χ4n) is 2.01. The first-order valence-corrected chi connectivity index (χ1v) is 6.09. The predicted molar refractivity (Wildman–Crippen MR) is 64.7 cm³/mol. The Kier molecular flexibility index (Phi) is 4.04. The minimum absolute atomic E-state index is 0.305. The molecule has 1 saturated heterocycles. The van der Waals surface area contributed by atoms with Crippen LogP contribution in [-0.2, 0) is 11.2 Å². The summed E-state index contributed by atoms with van der Waals surface area (Å²) in [6.07, 6.45) is 4.90. The van der Waals surface area contributed by atoms with Crippen LogP contribution in [0.1, 0.15) is 12.1 Å². The van der Waals surface area contributed by atoms with Crippen LogP contribution in [0.2, 0.25) is 0 Å². The first-order chi connectivity index (χ1) is 8.98. The Hall–Kier alpha value is -1.63. The zero-order valence-electron chi connectivity index (χ0n) is 10.6. The van der Waals surface area contributed by atoms with Crippen molar-refractivity contribution in [3.63, 3.8) is 0 Å². The van der Waals surface area contributed by atoms with E-state index in [9.17, 15) is 13.6 Å². The van der Waals surface area contributed by atoms with E-state index in [0.717, 1.165) is 5.69 Å². The van der Waals surface area contributed by atoms with Gasteiger partial charge in [0, 0.05) is 45.0 Å². The molecule has 1 unspecified atom stereocenters. The molecule has 5 nitrogen and oxygen atoms in total. The lowest BCUT2D eigenvalue weighted by atomic mass is 10.1. The molecule has 1 fully saturated rings. The molecule has 104 valence electrons. The Morgan fingerprint density at radius 1 is 1.58 bits per heavy atom. The smallest absolute Gasteiger partial charge is 0.262 e. The minimum atomic E-state index is -2.79. The molecular formula is C12H16F2N4O. The SMILES string of the molecule is CN(CCc1cnccn1)C(=O)C1CC(F)(F)CN1. The van der Waals surface area contributed by atoms with Crippen molar-refractivity contribution in [1.82, 2.24) is 20.2 Å². The lowest BCUT2D eigenvalue weighted by Crippen LogP contribution is -2.42. The van der Waals surface area contributed by atoms with E-state index in [1.807, 2.05) is 0 Å². The molecule has 0 bridgehead atoms. The van der Waals surface area contributed by atoms with E-state index in [1.165, 1.54) is 4.90 Å². The Balaban J connectivity index is 1.83. The first-order valence-electron chi connectivity index (χ1n) is 6.09.